The van der Waals surface area contributed by atoms with Crippen LogP contribution in [0.2, 0.25) is 0 Å². The molecule has 0 aliphatic carbocycles. The molecule has 1 fully saturated rings. The minimum atomic E-state index is -1.08. The zero-order valence-electron chi connectivity index (χ0n) is 16.3. The van der Waals surface area contributed by atoms with Crippen molar-refractivity contribution in [3.05, 3.63) is 56.9 Å². The van der Waals surface area contributed by atoms with Gasteiger partial charge in [-0.2, -0.15) is 0 Å². The van der Waals surface area contributed by atoms with E-state index in [1.165, 1.54) is 11.8 Å². The summed E-state index contributed by atoms with van der Waals surface area (Å²) in [7, 11) is 0. The second kappa shape index (κ2) is 9.82. The predicted molar refractivity (Wildman–Crippen MR) is 120 cm³/mol. The van der Waals surface area contributed by atoms with Crippen LogP contribution in [0.5, 0.6) is 11.5 Å². The molecule has 0 aromatic heterocycles. The highest BCUT2D eigenvalue weighted by molar-refractivity contribution is 9.10. The van der Waals surface area contributed by atoms with Crippen LogP contribution in [-0.4, -0.2) is 35.4 Å². The van der Waals surface area contributed by atoms with Crippen molar-refractivity contribution < 1.29 is 24.2 Å². The molecule has 0 radical (unpaired) electrons. The molecule has 1 heterocycles. The molecule has 1 amide bonds. The van der Waals surface area contributed by atoms with Crippen LogP contribution in [0.1, 0.15) is 18.1 Å². The van der Waals surface area contributed by atoms with Crippen molar-refractivity contribution in [1.29, 1.82) is 0 Å². The van der Waals surface area contributed by atoms with E-state index in [0.717, 1.165) is 11.3 Å². The van der Waals surface area contributed by atoms with Gasteiger partial charge in [-0.1, -0.05) is 33.6 Å². The van der Waals surface area contributed by atoms with Crippen LogP contribution in [0.3, 0.4) is 0 Å². The standard InChI is InChI=1S/C21H19BrN2O5S/c1-3-28-16-8-13(15(22)10-17(16)29-11-19(25)26)9-18-20(27)24-21(30-18)23-14-6-4-12(2)5-7-14/h4-10H,3,11H2,1-2H3,(H,25,26)(H,23,24,27). The molecule has 0 bridgehead atoms. The van der Waals surface area contributed by atoms with Crippen molar-refractivity contribution in [3.8, 4) is 11.5 Å². The Morgan fingerprint density at radius 2 is 1.93 bits per heavy atom. The number of benzene rings is 2. The van der Waals surface area contributed by atoms with Gasteiger partial charge in [-0.25, -0.2) is 9.79 Å². The minimum Gasteiger partial charge on any atom is -0.490 e. The Bertz CT molecular complexity index is 1030. The molecule has 9 heteroatoms. The number of carboxylic acid groups (broad SMARTS) is 1. The van der Waals surface area contributed by atoms with E-state index in [-0.39, 0.29) is 5.91 Å². The van der Waals surface area contributed by atoms with Gasteiger partial charge in [0.15, 0.2) is 23.3 Å². The SMILES string of the molecule is CCOc1cc(C=C2SC(=Nc3ccc(C)cc3)NC2=O)c(Br)cc1OCC(=O)O. The van der Waals surface area contributed by atoms with Crippen LogP contribution < -0.4 is 14.8 Å². The Morgan fingerprint density at radius 1 is 1.23 bits per heavy atom. The third-order valence-corrected chi connectivity index (χ3v) is 5.51. The Morgan fingerprint density at radius 3 is 2.60 bits per heavy atom. The first kappa shape index (κ1) is 21.9. The number of carbonyl (C=O) groups is 2. The first-order valence-electron chi connectivity index (χ1n) is 9.03. The van der Waals surface area contributed by atoms with Crippen molar-refractivity contribution in [1.82, 2.24) is 5.32 Å². The molecule has 2 aromatic rings. The van der Waals surface area contributed by atoms with Crippen LogP contribution in [0.25, 0.3) is 6.08 Å². The molecule has 156 valence electrons. The van der Waals surface area contributed by atoms with Gasteiger partial charge in [0, 0.05) is 4.47 Å². The number of hydrogen-bond donors (Lipinski definition) is 2. The number of carbonyl (C=O) groups excluding carboxylic acids is 1. The Labute approximate surface area is 186 Å². The Balaban J connectivity index is 1.86. The fourth-order valence-electron chi connectivity index (χ4n) is 2.54. The number of hydrogen-bond acceptors (Lipinski definition) is 6. The van der Waals surface area contributed by atoms with Crippen molar-refractivity contribution in [2.45, 2.75) is 13.8 Å². The predicted octanol–water partition coefficient (Wildman–Crippen LogP) is 4.51. The van der Waals surface area contributed by atoms with Crippen molar-refractivity contribution >= 4 is 56.5 Å². The van der Waals surface area contributed by atoms with E-state index in [4.69, 9.17) is 14.6 Å². The number of carboxylic acids is 1. The number of thioether (sulfide) groups is 1. The summed E-state index contributed by atoms with van der Waals surface area (Å²) in [5.41, 5.74) is 2.58. The molecule has 30 heavy (non-hydrogen) atoms. The summed E-state index contributed by atoms with van der Waals surface area (Å²) in [6.07, 6.45) is 1.71. The van der Waals surface area contributed by atoms with Gasteiger partial charge in [0.1, 0.15) is 0 Å². The lowest BCUT2D eigenvalue weighted by molar-refractivity contribution is -0.139. The minimum absolute atomic E-state index is 0.248. The topological polar surface area (TPSA) is 97.2 Å². The summed E-state index contributed by atoms with van der Waals surface area (Å²) in [5.74, 6) is -0.634. The molecule has 0 unspecified atom stereocenters. The smallest absolute Gasteiger partial charge is 0.341 e. The van der Waals surface area contributed by atoms with Crippen LogP contribution >= 0.6 is 27.7 Å². The number of halogens is 1. The normalized spacial score (nSPS) is 16.0. The van der Waals surface area contributed by atoms with Crippen LogP contribution in [0, 0.1) is 6.92 Å². The maximum atomic E-state index is 12.4. The molecule has 0 atom stereocenters. The molecule has 1 aliphatic rings. The summed E-state index contributed by atoms with van der Waals surface area (Å²) < 4.78 is 11.5. The van der Waals surface area contributed by atoms with Gasteiger partial charge in [0.2, 0.25) is 0 Å². The van der Waals surface area contributed by atoms with Gasteiger partial charge in [0.25, 0.3) is 5.91 Å². The average molecular weight is 491 g/mol. The van der Waals surface area contributed by atoms with E-state index in [1.54, 1.807) is 18.2 Å². The lowest BCUT2D eigenvalue weighted by Gasteiger charge is -2.13. The summed E-state index contributed by atoms with van der Waals surface area (Å²) in [4.78, 5) is 28.1. The lowest BCUT2D eigenvalue weighted by atomic mass is 10.2. The highest BCUT2D eigenvalue weighted by Crippen LogP contribution is 2.37. The van der Waals surface area contributed by atoms with Gasteiger partial charge >= 0.3 is 5.97 Å². The molecule has 2 aromatic carbocycles. The molecule has 1 aliphatic heterocycles. The number of aliphatic imine (C=N–C) groups is 1. The molecular formula is C21H19BrN2O5S. The highest BCUT2D eigenvalue weighted by Gasteiger charge is 2.24. The number of amidine groups is 1. The maximum absolute atomic E-state index is 12.4. The van der Waals surface area contributed by atoms with Crippen LogP contribution in [0.15, 0.2) is 50.8 Å². The monoisotopic (exact) mass is 490 g/mol. The Hall–Kier alpha value is -2.78. The van der Waals surface area contributed by atoms with E-state index >= 15 is 0 Å². The quantitative estimate of drug-likeness (QED) is 0.554. The summed E-state index contributed by atoms with van der Waals surface area (Å²) in [6.45, 7) is 3.71. The Kier molecular flexibility index (Phi) is 7.17. The summed E-state index contributed by atoms with van der Waals surface area (Å²) in [6, 6.07) is 11.0. The molecule has 0 spiro atoms. The van der Waals surface area contributed by atoms with E-state index < -0.39 is 12.6 Å². The van der Waals surface area contributed by atoms with Crippen molar-refractivity contribution in [2.24, 2.45) is 4.99 Å². The molecule has 2 N–H and O–H groups in total. The van der Waals surface area contributed by atoms with Gasteiger partial charge in [-0.15, -0.1) is 0 Å². The van der Waals surface area contributed by atoms with Gasteiger partial charge < -0.3 is 19.9 Å². The number of aryl methyl sites for hydroxylation is 1. The first-order valence-corrected chi connectivity index (χ1v) is 10.6. The highest BCUT2D eigenvalue weighted by atomic mass is 79.9. The van der Waals surface area contributed by atoms with E-state index in [0.29, 0.717) is 38.2 Å². The second-order valence-corrected chi connectivity index (χ2v) is 8.14. The maximum Gasteiger partial charge on any atom is 0.341 e. The third-order valence-electron chi connectivity index (χ3n) is 3.92. The van der Waals surface area contributed by atoms with E-state index in [1.807, 2.05) is 38.1 Å². The molecule has 0 saturated carbocycles. The molecule has 3 rings (SSSR count). The second-order valence-electron chi connectivity index (χ2n) is 6.25. The number of nitrogens with zero attached hydrogens (tertiary/aromatic N) is 1. The molecular weight excluding hydrogens is 472 g/mol. The number of ether oxygens (including phenoxy) is 2. The fraction of sp³-hybridized carbons (Fsp3) is 0.190. The fourth-order valence-corrected chi connectivity index (χ4v) is 3.81. The van der Waals surface area contributed by atoms with Crippen molar-refractivity contribution in [2.75, 3.05) is 13.2 Å². The molecule has 1 saturated heterocycles. The number of aliphatic carboxylic acids is 1. The number of nitrogens with one attached hydrogen (secondary N) is 1. The first-order chi connectivity index (χ1) is 14.4. The van der Waals surface area contributed by atoms with Gasteiger partial charge in [0.05, 0.1) is 17.2 Å². The lowest BCUT2D eigenvalue weighted by Crippen LogP contribution is -2.19. The largest absolute Gasteiger partial charge is 0.490 e. The summed E-state index contributed by atoms with van der Waals surface area (Å²) >= 11 is 4.68. The van der Waals surface area contributed by atoms with Gasteiger partial charge in [-0.05, 0) is 61.5 Å². The molecule has 7 nitrogen and oxygen atoms in total. The van der Waals surface area contributed by atoms with Gasteiger partial charge in [-0.3, -0.25) is 4.79 Å². The van der Waals surface area contributed by atoms with Crippen molar-refractivity contribution in [3.63, 3.8) is 0 Å². The average Bonchev–Trinajstić information content (AvgIpc) is 3.03. The van der Waals surface area contributed by atoms with E-state index in [2.05, 4.69) is 26.2 Å². The third kappa shape index (κ3) is 5.64. The number of amides is 1. The van der Waals surface area contributed by atoms with Crippen LogP contribution in [-0.2, 0) is 9.59 Å². The summed E-state index contributed by atoms with van der Waals surface area (Å²) in [5, 5.41) is 12.1. The van der Waals surface area contributed by atoms with E-state index in [9.17, 15) is 9.59 Å². The van der Waals surface area contributed by atoms with Crippen LogP contribution in [0.4, 0.5) is 5.69 Å². The number of rotatable bonds is 7. The zero-order chi connectivity index (χ0) is 21.7. The zero-order valence-corrected chi connectivity index (χ0v) is 18.7.